The van der Waals surface area contributed by atoms with Crippen LogP contribution < -0.4 is 15.4 Å². The first-order valence-electron chi connectivity index (χ1n) is 9.25. The van der Waals surface area contributed by atoms with Crippen molar-refractivity contribution in [1.29, 1.82) is 0 Å². The molecule has 0 radical (unpaired) electrons. The Morgan fingerprint density at radius 3 is 2.58 bits per heavy atom. The molecule has 0 spiro atoms. The highest BCUT2D eigenvalue weighted by atomic mass is 32.2. The number of amides is 1. The lowest BCUT2D eigenvalue weighted by molar-refractivity contribution is -0.118. The molecule has 2 rings (SSSR count). The molecule has 1 aliphatic heterocycles. The predicted molar refractivity (Wildman–Crippen MR) is 102 cm³/mol. The summed E-state index contributed by atoms with van der Waals surface area (Å²) < 4.78 is 32.8. The number of piperidine rings is 1. The fourth-order valence-corrected chi connectivity index (χ4v) is 4.68. The zero-order valence-electron chi connectivity index (χ0n) is 15.7. The van der Waals surface area contributed by atoms with Gasteiger partial charge in [-0.1, -0.05) is 20.3 Å². The average molecular weight is 384 g/mol. The SMILES string of the molecule is CCOc1ccc(NC(=O)C2CCCCN2)cc1S(=O)(=O)N(CC)CC. The number of hydrogen-bond donors (Lipinski definition) is 2. The highest BCUT2D eigenvalue weighted by Gasteiger charge is 2.27. The maximum atomic E-state index is 13.0. The molecule has 1 aromatic rings. The highest BCUT2D eigenvalue weighted by molar-refractivity contribution is 7.89. The van der Waals surface area contributed by atoms with Crippen molar-refractivity contribution < 1.29 is 17.9 Å². The minimum Gasteiger partial charge on any atom is -0.492 e. The molecule has 1 amide bonds. The summed E-state index contributed by atoms with van der Waals surface area (Å²) in [6.07, 6.45) is 2.86. The van der Waals surface area contributed by atoms with Crippen LogP contribution in [0.5, 0.6) is 5.75 Å². The number of sulfonamides is 1. The first-order valence-corrected chi connectivity index (χ1v) is 10.7. The fraction of sp³-hybridized carbons (Fsp3) is 0.611. The van der Waals surface area contributed by atoms with Gasteiger partial charge in [-0.2, -0.15) is 4.31 Å². The molecule has 146 valence electrons. The molecule has 1 atom stereocenters. The van der Waals surface area contributed by atoms with E-state index in [-0.39, 0.29) is 16.8 Å². The third kappa shape index (κ3) is 4.75. The molecule has 0 aliphatic carbocycles. The molecule has 1 saturated heterocycles. The Hall–Kier alpha value is -1.64. The van der Waals surface area contributed by atoms with E-state index in [2.05, 4.69) is 10.6 Å². The van der Waals surface area contributed by atoms with Crippen molar-refractivity contribution in [2.75, 3.05) is 31.6 Å². The van der Waals surface area contributed by atoms with Crippen LogP contribution in [0.4, 0.5) is 5.69 Å². The lowest BCUT2D eigenvalue weighted by Gasteiger charge is -2.23. The second-order valence-electron chi connectivity index (χ2n) is 6.18. The maximum Gasteiger partial charge on any atom is 0.246 e. The van der Waals surface area contributed by atoms with E-state index in [1.165, 1.54) is 10.4 Å². The van der Waals surface area contributed by atoms with Crippen molar-refractivity contribution in [1.82, 2.24) is 9.62 Å². The molecular formula is C18H29N3O4S. The minimum absolute atomic E-state index is 0.0810. The van der Waals surface area contributed by atoms with Crippen LogP contribution in [0.25, 0.3) is 0 Å². The Balaban J connectivity index is 2.31. The van der Waals surface area contributed by atoms with E-state index < -0.39 is 10.0 Å². The number of ether oxygens (including phenoxy) is 1. The number of hydrogen-bond acceptors (Lipinski definition) is 5. The first-order chi connectivity index (χ1) is 12.4. The van der Waals surface area contributed by atoms with Crippen molar-refractivity contribution >= 4 is 21.6 Å². The number of rotatable bonds is 8. The van der Waals surface area contributed by atoms with Gasteiger partial charge in [0.05, 0.1) is 12.6 Å². The van der Waals surface area contributed by atoms with Gasteiger partial charge in [0.25, 0.3) is 0 Å². The summed E-state index contributed by atoms with van der Waals surface area (Å²) >= 11 is 0. The smallest absolute Gasteiger partial charge is 0.246 e. The van der Waals surface area contributed by atoms with Gasteiger partial charge in [0.1, 0.15) is 10.6 Å². The summed E-state index contributed by atoms with van der Waals surface area (Å²) in [4.78, 5) is 12.5. The van der Waals surface area contributed by atoms with E-state index in [1.807, 2.05) is 0 Å². The maximum absolute atomic E-state index is 13.0. The Kier molecular flexibility index (Phi) is 7.43. The number of anilines is 1. The van der Waals surface area contributed by atoms with Gasteiger partial charge in [-0.3, -0.25) is 4.79 Å². The zero-order valence-corrected chi connectivity index (χ0v) is 16.6. The summed E-state index contributed by atoms with van der Waals surface area (Å²) in [7, 11) is -3.70. The summed E-state index contributed by atoms with van der Waals surface area (Å²) in [6, 6.07) is 4.52. The van der Waals surface area contributed by atoms with E-state index in [0.29, 0.717) is 31.1 Å². The van der Waals surface area contributed by atoms with Crippen LogP contribution in [0.3, 0.4) is 0 Å². The number of nitrogens with one attached hydrogen (secondary N) is 2. The van der Waals surface area contributed by atoms with Crippen molar-refractivity contribution in [2.24, 2.45) is 0 Å². The molecule has 0 aromatic heterocycles. The Morgan fingerprint density at radius 2 is 2.00 bits per heavy atom. The molecular weight excluding hydrogens is 354 g/mol. The standard InChI is InChI=1S/C18H29N3O4S/c1-4-21(5-2)26(23,24)17-13-14(10-11-16(17)25-6-3)20-18(22)15-9-7-8-12-19-15/h10-11,13,15,19H,4-9,12H2,1-3H3,(H,20,22). The van der Waals surface area contributed by atoms with Crippen LogP contribution in [0, 0.1) is 0 Å². The average Bonchev–Trinajstić information content (AvgIpc) is 2.64. The topological polar surface area (TPSA) is 87.7 Å². The minimum atomic E-state index is -3.70. The largest absolute Gasteiger partial charge is 0.492 e. The van der Waals surface area contributed by atoms with E-state index in [9.17, 15) is 13.2 Å². The van der Waals surface area contributed by atoms with Gasteiger partial charge in [-0.05, 0) is 44.5 Å². The summed E-state index contributed by atoms with van der Waals surface area (Å²) in [6.45, 7) is 7.31. The van der Waals surface area contributed by atoms with Crippen LogP contribution in [0.2, 0.25) is 0 Å². The van der Waals surface area contributed by atoms with E-state index in [1.54, 1.807) is 32.9 Å². The van der Waals surface area contributed by atoms with E-state index >= 15 is 0 Å². The molecule has 1 heterocycles. The lowest BCUT2D eigenvalue weighted by Crippen LogP contribution is -2.43. The van der Waals surface area contributed by atoms with Crippen LogP contribution in [-0.4, -0.2) is 50.9 Å². The number of benzene rings is 1. The molecule has 1 aromatic carbocycles. The molecule has 1 aliphatic rings. The summed E-state index contributed by atoms with van der Waals surface area (Å²) in [5.41, 5.74) is 0.455. The Labute approximate surface area is 156 Å². The summed E-state index contributed by atoms with van der Waals surface area (Å²) in [5.74, 6) is 0.160. The third-order valence-corrected chi connectivity index (χ3v) is 6.53. The van der Waals surface area contributed by atoms with Gasteiger partial charge in [0, 0.05) is 18.8 Å². The van der Waals surface area contributed by atoms with Gasteiger partial charge < -0.3 is 15.4 Å². The van der Waals surface area contributed by atoms with E-state index in [0.717, 1.165) is 25.8 Å². The number of nitrogens with zero attached hydrogens (tertiary/aromatic N) is 1. The number of carbonyl (C=O) groups is 1. The molecule has 0 bridgehead atoms. The second kappa shape index (κ2) is 9.34. The zero-order chi connectivity index (χ0) is 19.2. The third-order valence-electron chi connectivity index (χ3n) is 4.46. The molecule has 26 heavy (non-hydrogen) atoms. The first kappa shape index (κ1) is 20.7. The van der Waals surface area contributed by atoms with E-state index in [4.69, 9.17) is 4.74 Å². The van der Waals surface area contributed by atoms with Crippen LogP contribution in [-0.2, 0) is 14.8 Å². The van der Waals surface area contributed by atoms with Crippen LogP contribution in [0.1, 0.15) is 40.0 Å². The molecule has 2 N–H and O–H groups in total. The molecule has 8 heteroatoms. The Morgan fingerprint density at radius 1 is 1.27 bits per heavy atom. The lowest BCUT2D eigenvalue weighted by atomic mass is 10.0. The van der Waals surface area contributed by atoms with Crippen molar-refractivity contribution in [3.63, 3.8) is 0 Å². The fourth-order valence-electron chi connectivity index (χ4n) is 3.07. The van der Waals surface area contributed by atoms with Gasteiger partial charge in [-0.15, -0.1) is 0 Å². The van der Waals surface area contributed by atoms with Crippen molar-refractivity contribution in [3.8, 4) is 5.75 Å². The van der Waals surface area contributed by atoms with Gasteiger partial charge in [0.15, 0.2) is 0 Å². The normalized spacial score (nSPS) is 17.9. The van der Waals surface area contributed by atoms with Crippen LogP contribution in [0.15, 0.2) is 23.1 Å². The number of carbonyl (C=O) groups excluding carboxylic acids is 1. The molecule has 0 saturated carbocycles. The van der Waals surface area contributed by atoms with Crippen LogP contribution >= 0.6 is 0 Å². The molecule has 1 unspecified atom stereocenters. The van der Waals surface area contributed by atoms with Gasteiger partial charge in [0.2, 0.25) is 15.9 Å². The summed E-state index contributed by atoms with van der Waals surface area (Å²) in [5, 5.41) is 6.02. The van der Waals surface area contributed by atoms with Crippen molar-refractivity contribution in [2.45, 2.75) is 51.0 Å². The quantitative estimate of drug-likeness (QED) is 0.718. The van der Waals surface area contributed by atoms with Gasteiger partial charge >= 0.3 is 0 Å². The molecule has 7 nitrogen and oxygen atoms in total. The monoisotopic (exact) mass is 383 g/mol. The highest BCUT2D eigenvalue weighted by Crippen LogP contribution is 2.30. The Bertz CT molecular complexity index is 711. The predicted octanol–water partition coefficient (Wildman–Crippen LogP) is 2.20. The second-order valence-corrected chi connectivity index (χ2v) is 8.08. The molecule has 1 fully saturated rings. The van der Waals surface area contributed by atoms with Gasteiger partial charge in [-0.25, -0.2) is 8.42 Å². The van der Waals surface area contributed by atoms with Crippen molar-refractivity contribution in [3.05, 3.63) is 18.2 Å².